The minimum Gasteiger partial charge on any atom is -0.481 e. The van der Waals surface area contributed by atoms with Crippen LogP contribution in [-0.4, -0.2) is 34.6 Å². The summed E-state index contributed by atoms with van der Waals surface area (Å²) in [6, 6.07) is 7.72. The van der Waals surface area contributed by atoms with Gasteiger partial charge in [0.15, 0.2) is 0 Å². The average Bonchev–Trinajstić information content (AvgIpc) is 3.18. The molecule has 0 radical (unpaired) electrons. The summed E-state index contributed by atoms with van der Waals surface area (Å²) in [5, 5.41) is 1.91. The summed E-state index contributed by atoms with van der Waals surface area (Å²) in [6.45, 7) is 4.06. The summed E-state index contributed by atoms with van der Waals surface area (Å²) >= 11 is 1.62. The molecule has 1 aromatic carbocycles. The molecule has 6 nitrogen and oxygen atoms in total. The lowest BCUT2D eigenvalue weighted by molar-refractivity contribution is 0.0521. The van der Waals surface area contributed by atoms with E-state index in [1.165, 1.54) is 0 Å². The number of carbonyl (C=O) groups is 1. The minimum atomic E-state index is -0.405. The number of esters is 1. The molecule has 0 aliphatic heterocycles. The second-order valence-electron chi connectivity index (χ2n) is 5.75. The standard InChI is InChI=1S/C19H17N3O3S/c1-4-25-19(23)17-16(11-6-5-7-20-18(11)24-3)12-8-15-14(9-13(12)22-17)21-10(2)26-15/h5-9,22H,4H2,1-3H3. The Morgan fingerprint density at radius 3 is 2.96 bits per heavy atom. The fraction of sp³-hybridized carbons (Fsp3) is 0.211. The van der Waals surface area contributed by atoms with Gasteiger partial charge in [0, 0.05) is 28.2 Å². The highest BCUT2D eigenvalue weighted by Crippen LogP contribution is 2.39. The van der Waals surface area contributed by atoms with E-state index in [2.05, 4.69) is 21.0 Å². The van der Waals surface area contributed by atoms with Crippen LogP contribution in [0.3, 0.4) is 0 Å². The lowest BCUT2D eigenvalue weighted by Gasteiger charge is -2.08. The van der Waals surface area contributed by atoms with Gasteiger partial charge in [0.05, 0.1) is 28.9 Å². The van der Waals surface area contributed by atoms with Crippen LogP contribution in [0.5, 0.6) is 5.88 Å². The first kappa shape index (κ1) is 16.5. The molecule has 0 saturated heterocycles. The smallest absolute Gasteiger partial charge is 0.355 e. The molecule has 0 aliphatic carbocycles. The van der Waals surface area contributed by atoms with Crippen molar-refractivity contribution in [2.45, 2.75) is 13.8 Å². The number of nitrogens with one attached hydrogen (secondary N) is 1. The number of aromatic amines is 1. The average molecular weight is 367 g/mol. The van der Waals surface area contributed by atoms with Crippen molar-refractivity contribution in [2.75, 3.05) is 13.7 Å². The number of methoxy groups -OCH3 is 1. The Bertz CT molecular complexity index is 1130. The highest BCUT2D eigenvalue weighted by molar-refractivity contribution is 7.18. The first-order valence-electron chi connectivity index (χ1n) is 8.21. The first-order chi connectivity index (χ1) is 12.6. The summed E-state index contributed by atoms with van der Waals surface area (Å²) in [7, 11) is 1.56. The van der Waals surface area contributed by atoms with Crippen LogP contribution >= 0.6 is 11.3 Å². The second kappa shape index (κ2) is 6.42. The number of nitrogens with zero attached hydrogens (tertiary/aromatic N) is 2. The van der Waals surface area contributed by atoms with Crippen molar-refractivity contribution in [3.05, 3.63) is 41.2 Å². The van der Waals surface area contributed by atoms with Gasteiger partial charge in [-0.1, -0.05) is 0 Å². The zero-order valence-corrected chi connectivity index (χ0v) is 15.4. The van der Waals surface area contributed by atoms with E-state index in [0.29, 0.717) is 18.2 Å². The Kier molecular flexibility index (Phi) is 4.08. The van der Waals surface area contributed by atoms with Crippen LogP contribution in [0.15, 0.2) is 30.5 Å². The van der Waals surface area contributed by atoms with E-state index >= 15 is 0 Å². The van der Waals surface area contributed by atoms with Crippen molar-refractivity contribution in [2.24, 2.45) is 0 Å². The van der Waals surface area contributed by atoms with Gasteiger partial charge in [-0.2, -0.15) is 0 Å². The fourth-order valence-corrected chi connectivity index (χ4v) is 3.96. The van der Waals surface area contributed by atoms with Crippen molar-refractivity contribution >= 4 is 38.4 Å². The van der Waals surface area contributed by atoms with Crippen LogP contribution in [0.25, 0.3) is 32.2 Å². The molecule has 0 fully saturated rings. The maximum atomic E-state index is 12.6. The number of aryl methyl sites for hydroxylation is 1. The zero-order chi connectivity index (χ0) is 18.3. The van der Waals surface area contributed by atoms with Gasteiger partial charge in [-0.05, 0) is 38.1 Å². The Labute approximate surface area is 153 Å². The molecule has 0 bridgehead atoms. The monoisotopic (exact) mass is 367 g/mol. The van der Waals surface area contributed by atoms with Crippen LogP contribution < -0.4 is 4.74 Å². The van der Waals surface area contributed by atoms with Gasteiger partial charge in [-0.15, -0.1) is 11.3 Å². The molecule has 4 rings (SSSR count). The number of aromatic nitrogens is 3. The SMILES string of the molecule is CCOC(=O)c1[nH]c2cc3nc(C)sc3cc2c1-c1cccnc1OC. The fourth-order valence-electron chi connectivity index (χ4n) is 3.11. The van der Waals surface area contributed by atoms with Crippen molar-refractivity contribution in [1.29, 1.82) is 0 Å². The highest BCUT2D eigenvalue weighted by atomic mass is 32.1. The summed E-state index contributed by atoms with van der Waals surface area (Å²) in [6.07, 6.45) is 1.66. The predicted octanol–water partition coefficient (Wildman–Crippen LogP) is 4.33. The third-order valence-corrected chi connectivity index (χ3v) is 5.06. The zero-order valence-electron chi connectivity index (χ0n) is 14.6. The van der Waals surface area contributed by atoms with Crippen molar-refractivity contribution in [3.63, 3.8) is 0 Å². The number of carbonyl (C=O) groups excluding carboxylic acids is 1. The van der Waals surface area contributed by atoms with Crippen LogP contribution in [0.2, 0.25) is 0 Å². The number of pyridine rings is 1. The number of hydrogen-bond donors (Lipinski definition) is 1. The number of thiazole rings is 1. The van der Waals surface area contributed by atoms with E-state index in [9.17, 15) is 4.79 Å². The van der Waals surface area contributed by atoms with Gasteiger partial charge in [-0.3, -0.25) is 0 Å². The Balaban J connectivity index is 2.07. The molecule has 7 heteroatoms. The van der Waals surface area contributed by atoms with Gasteiger partial charge in [-0.25, -0.2) is 14.8 Å². The van der Waals surface area contributed by atoms with Crippen LogP contribution in [0.4, 0.5) is 0 Å². The predicted molar refractivity (Wildman–Crippen MR) is 102 cm³/mol. The summed E-state index contributed by atoms with van der Waals surface area (Å²) in [5.74, 6) is 0.0524. The van der Waals surface area contributed by atoms with Gasteiger partial charge < -0.3 is 14.5 Å². The third kappa shape index (κ3) is 2.61. The van der Waals surface area contributed by atoms with E-state index in [1.807, 2.05) is 25.1 Å². The molecule has 0 spiro atoms. The number of benzene rings is 1. The molecule has 3 aromatic heterocycles. The molecule has 3 heterocycles. The van der Waals surface area contributed by atoms with Gasteiger partial charge in [0.2, 0.25) is 5.88 Å². The normalized spacial score (nSPS) is 11.2. The number of ether oxygens (including phenoxy) is 2. The lowest BCUT2D eigenvalue weighted by atomic mass is 10.0. The highest BCUT2D eigenvalue weighted by Gasteiger charge is 2.23. The molecule has 0 aliphatic rings. The van der Waals surface area contributed by atoms with Crippen LogP contribution in [0.1, 0.15) is 22.4 Å². The molecule has 4 aromatic rings. The quantitative estimate of drug-likeness (QED) is 0.543. The number of rotatable bonds is 4. The molecule has 0 unspecified atom stereocenters. The first-order valence-corrected chi connectivity index (χ1v) is 9.03. The number of fused-ring (bicyclic) bond motifs is 2. The van der Waals surface area contributed by atoms with Gasteiger partial charge in [0.25, 0.3) is 0 Å². The second-order valence-corrected chi connectivity index (χ2v) is 6.99. The molecular weight excluding hydrogens is 350 g/mol. The molecule has 0 atom stereocenters. The Morgan fingerprint density at radius 1 is 1.35 bits per heavy atom. The minimum absolute atomic E-state index is 0.299. The maximum Gasteiger partial charge on any atom is 0.355 e. The molecular formula is C19H17N3O3S. The largest absolute Gasteiger partial charge is 0.481 e. The number of hydrogen-bond acceptors (Lipinski definition) is 6. The van der Waals surface area contributed by atoms with Crippen molar-refractivity contribution in [1.82, 2.24) is 15.0 Å². The number of H-pyrrole nitrogens is 1. The topological polar surface area (TPSA) is 77.1 Å². The summed E-state index contributed by atoms with van der Waals surface area (Å²) < 4.78 is 11.7. The molecule has 26 heavy (non-hydrogen) atoms. The van der Waals surface area contributed by atoms with Crippen molar-refractivity contribution in [3.8, 4) is 17.0 Å². The molecule has 0 amide bonds. The maximum absolute atomic E-state index is 12.6. The van der Waals surface area contributed by atoms with E-state index in [4.69, 9.17) is 9.47 Å². The van der Waals surface area contributed by atoms with Gasteiger partial charge in [0.1, 0.15) is 5.69 Å². The van der Waals surface area contributed by atoms with Crippen molar-refractivity contribution < 1.29 is 14.3 Å². The van der Waals surface area contributed by atoms with E-state index in [-0.39, 0.29) is 0 Å². The Morgan fingerprint density at radius 2 is 2.19 bits per heavy atom. The third-order valence-electron chi connectivity index (χ3n) is 4.13. The molecule has 1 N–H and O–H groups in total. The summed E-state index contributed by atoms with van der Waals surface area (Å²) in [4.78, 5) is 24.6. The molecule has 0 saturated carbocycles. The van der Waals surface area contributed by atoms with E-state index < -0.39 is 5.97 Å². The Hall–Kier alpha value is -2.93. The van der Waals surface area contributed by atoms with Crippen LogP contribution in [0, 0.1) is 6.92 Å². The van der Waals surface area contributed by atoms with Gasteiger partial charge >= 0.3 is 5.97 Å². The van der Waals surface area contributed by atoms with E-state index in [1.54, 1.807) is 31.6 Å². The van der Waals surface area contributed by atoms with E-state index in [0.717, 1.165) is 37.3 Å². The van der Waals surface area contributed by atoms with Crippen LogP contribution in [-0.2, 0) is 4.74 Å². The summed E-state index contributed by atoms with van der Waals surface area (Å²) in [5.41, 5.74) is 3.59. The lowest BCUT2D eigenvalue weighted by Crippen LogP contribution is -2.06. The molecule has 132 valence electrons.